The van der Waals surface area contributed by atoms with Gasteiger partial charge in [-0.1, -0.05) is 29.8 Å². The summed E-state index contributed by atoms with van der Waals surface area (Å²) in [5.41, 5.74) is 2.66. The molecule has 1 aliphatic rings. The van der Waals surface area contributed by atoms with Gasteiger partial charge >= 0.3 is 0 Å². The molecule has 0 unspecified atom stereocenters. The Kier molecular flexibility index (Phi) is 4.46. The van der Waals surface area contributed by atoms with Gasteiger partial charge in [0, 0.05) is 29.4 Å². The molecule has 0 spiro atoms. The lowest BCUT2D eigenvalue weighted by molar-refractivity contribution is 0.740. The molecule has 0 amide bonds. The summed E-state index contributed by atoms with van der Waals surface area (Å²) in [5, 5.41) is 12.9. The number of guanidine groups is 1. The third-order valence-corrected chi connectivity index (χ3v) is 5.46. The van der Waals surface area contributed by atoms with Crippen molar-refractivity contribution < 1.29 is 0 Å². The van der Waals surface area contributed by atoms with E-state index in [1.165, 1.54) is 0 Å². The Morgan fingerprint density at radius 3 is 2.75 bits per heavy atom. The van der Waals surface area contributed by atoms with Crippen LogP contribution in [0, 0.1) is 0 Å². The monoisotopic (exact) mass is 375 g/mol. The molecule has 8 heteroatoms. The Morgan fingerprint density at radius 2 is 1.92 bits per heavy atom. The molecular formula is C16H14ClN5S2. The third-order valence-electron chi connectivity index (χ3n) is 3.50. The molecule has 0 bridgehead atoms. The van der Waals surface area contributed by atoms with Gasteiger partial charge in [0.1, 0.15) is 16.4 Å². The Bertz CT molecular complexity index is 886. The maximum atomic E-state index is 6.25. The first kappa shape index (κ1) is 15.6. The molecule has 24 heavy (non-hydrogen) atoms. The predicted molar refractivity (Wildman–Crippen MR) is 102 cm³/mol. The van der Waals surface area contributed by atoms with Crippen molar-refractivity contribution in [2.75, 3.05) is 18.4 Å². The molecular weight excluding hydrogens is 362 g/mol. The van der Waals surface area contributed by atoms with E-state index in [-0.39, 0.29) is 0 Å². The molecule has 0 atom stereocenters. The fourth-order valence-electron chi connectivity index (χ4n) is 2.32. The molecule has 0 radical (unpaired) electrons. The highest BCUT2D eigenvalue weighted by Crippen LogP contribution is 2.33. The van der Waals surface area contributed by atoms with Gasteiger partial charge in [-0.15, -0.1) is 22.7 Å². The van der Waals surface area contributed by atoms with Crippen molar-refractivity contribution in [1.29, 1.82) is 0 Å². The number of hydrogen-bond acceptors (Lipinski definition) is 7. The molecule has 0 saturated carbocycles. The van der Waals surface area contributed by atoms with Gasteiger partial charge in [0.25, 0.3) is 0 Å². The number of nitrogens with zero attached hydrogens (tertiary/aromatic N) is 3. The van der Waals surface area contributed by atoms with Crippen LogP contribution in [0.2, 0.25) is 5.02 Å². The van der Waals surface area contributed by atoms with Gasteiger partial charge in [-0.25, -0.2) is 9.97 Å². The highest BCUT2D eigenvalue weighted by molar-refractivity contribution is 7.14. The smallest absolute Gasteiger partial charge is 0.197 e. The summed E-state index contributed by atoms with van der Waals surface area (Å²) in [4.78, 5) is 13.7. The highest BCUT2D eigenvalue weighted by atomic mass is 35.5. The zero-order valence-electron chi connectivity index (χ0n) is 12.6. The molecule has 3 heterocycles. The Hall–Kier alpha value is -1.96. The van der Waals surface area contributed by atoms with E-state index in [0.717, 1.165) is 52.6 Å². The van der Waals surface area contributed by atoms with Crippen LogP contribution in [0.1, 0.15) is 6.42 Å². The zero-order valence-corrected chi connectivity index (χ0v) is 15.0. The van der Waals surface area contributed by atoms with Crippen LogP contribution in [0.25, 0.3) is 22.0 Å². The number of nitrogens with one attached hydrogen (secondary N) is 2. The van der Waals surface area contributed by atoms with E-state index in [4.69, 9.17) is 11.6 Å². The van der Waals surface area contributed by atoms with Crippen molar-refractivity contribution in [3.05, 3.63) is 40.0 Å². The number of anilines is 1. The molecule has 2 aromatic heterocycles. The largest absolute Gasteiger partial charge is 0.356 e. The van der Waals surface area contributed by atoms with Crippen molar-refractivity contribution in [1.82, 2.24) is 15.3 Å². The van der Waals surface area contributed by atoms with Crippen LogP contribution in [0.4, 0.5) is 5.13 Å². The Labute approximate surface area is 152 Å². The maximum absolute atomic E-state index is 6.25. The minimum atomic E-state index is 0.709. The summed E-state index contributed by atoms with van der Waals surface area (Å²) in [6.07, 6.45) is 1.07. The number of aromatic nitrogens is 2. The van der Waals surface area contributed by atoms with E-state index in [1.54, 1.807) is 22.7 Å². The van der Waals surface area contributed by atoms with Crippen molar-refractivity contribution >= 4 is 45.4 Å². The van der Waals surface area contributed by atoms with Crippen LogP contribution in [0.3, 0.4) is 0 Å². The second-order valence-electron chi connectivity index (χ2n) is 5.19. The third kappa shape index (κ3) is 3.28. The normalized spacial score (nSPS) is 14.1. The van der Waals surface area contributed by atoms with Crippen LogP contribution in [-0.4, -0.2) is 29.0 Å². The van der Waals surface area contributed by atoms with E-state index in [9.17, 15) is 0 Å². The fourth-order valence-corrected chi connectivity index (χ4v) is 4.15. The summed E-state index contributed by atoms with van der Waals surface area (Å²) < 4.78 is 0. The van der Waals surface area contributed by atoms with Crippen molar-refractivity contribution in [3.63, 3.8) is 0 Å². The van der Waals surface area contributed by atoms with Gasteiger partial charge in [-0.2, -0.15) is 0 Å². The number of thiazole rings is 2. The van der Waals surface area contributed by atoms with E-state index in [0.29, 0.717) is 5.02 Å². The lowest BCUT2D eigenvalue weighted by Gasteiger charge is -2.13. The average Bonchev–Trinajstić information content (AvgIpc) is 3.25. The Balaban J connectivity index is 1.55. The molecule has 0 saturated heterocycles. The summed E-state index contributed by atoms with van der Waals surface area (Å²) in [6.45, 7) is 1.79. The summed E-state index contributed by atoms with van der Waals surface area (Å²) in [6, 6.07) is 7.73. The second-order valence-corrected chi connectivity index (χ2v) is 7.31. The molecule has 3 aromatic rings. The number of halogens is 1. The maximum Gasteiger partial charge on any atom is 0.197 e. The van der Waals surface area contributed by atoms with Crippen molar-refractivity contribution in [3.8, 4) is 22.0 Å². The topological polar surface area (TPSA) is 62.2 Å². The number of hydrogen-bond donors (Lipinski definition) is 2. The predicted octanol–water partition coefficient (Wildman–Crippen LogP) is 4.35. The van der Waals surface area contributed by atoms with E-state index >= 15 is 0 Å². The fraction of sp³-hybridized carbons (Fsp3) is 0.188. The van der Waals surface area contributed by atoms with Crippen LogP contribution < -0.4 is 10.6 Å². The standard InChI is InChI=1S/C16H14ClN5S2/c17-11-5-2-1-4-10(11)14-20-12(8-23-14)13-9-24-16(21-13)22-15-18-6-3-7-19-15/h1-2,4-5,8-9H,3,6-7H2,(H2,18,19,21,22). The average molecular weight is 376 g/mol. The lowest BCUT2D eigenvalue weighted by atomic mass is 10.2. The first-order valence-electron chi connectivity index (χ1n) is 7.51. The van der Waals surface area contributed by atoms with E-state index in [2.05, 4.69) is 25.6 Å². The molecule has 1 aliphatic heterocycles. The summed E-state index contributed by atoms with van der Waals surface area (Å²) in [7, 11) is 0. The van der Waals surface area contributed by atoms with Crippen molar-refractivity contribution in [2.24, 2.45) is 4.99 Å². The Morgan fingerprint density at radius 1 is 1.08 bits per heavy atom. The van der Waals surface area contributed by atoms with E-state index < -0.39 is 0 Å². The zero-order chi connectivity index (χ0) is 16.4. The molecule has 0 fully saturated rings. The van der Waals surface area contributed by atoms with Crippen LogP contribution in [0.15, 0.2) is 40.0 Å². The van der Waals surface area contributed by atoms with Crippen molar-refractivity contribution in [2.45, 2.75) is 6.42 Å². The van der Waals surface area contributed by atoms with Crippen LogP contribution in [0.5, 0.6) is 0 Å². The SMILES string of the molecule is Clc1ccccc1-c1nc(-c2csc(NC3=NCCCN3)n2)cs1. The molecule has 5 nitrogen and oxygen atoms in total. The number of rotatable bonds is 3. The summed E-state index contributed by atoms with van der Waals surface area (Å²) >= 11 is 9.36. The first-order chi connectivity index (χ1) is 11.8. The van der Waals surface area contributed by atoms with Gasteiger partial charge in [0.05, 0.1) is 5.02 Å². The van der Waals surface area contributed by atoms with Gasteiger partial charge in [0.15, 0.2) is 11.1 Å². The lowest BCUT2D eigenvalue weighted by Crippen LogP contribution is -2.35. The van der Waals surface area contributed by atoms with Gasteiger partial charge < -0.3 is 10.6 Å². The second kappa shape index (κ2) is 6.88. The number of benzene rings is 1. The quantitative estimate of drug-likeness (QED) is 0.714. The molecule has 122 valence electrons. The first-order valence-corrected chi connectivity index (χ1v) is 9.65. The molecule has 4 rings (SSSR count). The van der Waals surface area contributed by atoms with Gasteiger partial charge in [-0.3, -0.25) is 4.99 Å². The molecule has 2 N–H and O–H groups in total. The molecule has 0 aliphatic carbocycles. The highest BCUT2D eigenvalue weighted by Gasteiger charge is 2.13. The van der Waals surface area contributed by atoms with E-state index in [1.807, 2.05) is 35.0 Å². The minimum absolute atomic E-state index is 0.709. The van der Waals surface area contributed by atoms with Crippen LogP contribution in [-0.2, 0) is 0 Å². The van der Waals surface area contributed by atoms with Crippen LogP contribution >= 0.6 is 34.3 Å². The van der Waals surface area contributed by atoms with Gasteiger partial charge in [0.2, 0.25) is 0 Å². The summed E-state index contributed by atoms with van der Waals surface area (Å²) in [5.74, 6) is 0.789. The molecule has 1 aromatic carbocycles. The van der Waals surface area contributed by atoms with Gasteiger partial charge in [-0.05, 0) is 12.5 Å². The number of aliphatic imine (C=N–C) groups is 1. The minimum Gasteiger partial charge on any atom is -0.356 e.